The van der Waals surface area contributed by atoms with Crippen LogP contribution >= 0.6 is 0 Å². The van der Waals surface area contributed by atoms with Crippen LogP contribution in [0.2, 0.25) is 0 Å². The van der Waals surface area contributed by atoms with Crippen molar-refractivity contribution in [2.75, 3.05) is 5.73 Å². The third-order valence-electron chi connectivity index (χ3n) is 3.23. The average Bonchev–Trinajstić information content (AvgIpc) is 2.78. The summed E-state index contributed by atoms with van der Waals surface area (Å²) >= 11 is 0. The van der Waals surface area contributed by atoms with E-state index >= 15 is 0 Å². The quantitative estimate of drug-likeness (QED) is 0.743. The number of nitrogen functional groups attached to an aromatic ring is 1. The van der Waals surface area contributed by atoms with Gasteiger partial charge in [0.05, 0.1) is 17.3 Å². The van der Waals surface area contributed by atoms with E-state index < -0.39 is 0 Å². The molecule has 102 valence electrons. The number of aryl methyl sites for hydroxylation is 1. The Hall–Kier alpha value is -2.43. The first-order valence-corrected chi connectivity index (χ1v) is 6.56. The van der Waals surface area contributed by atoms with Crippen LogP contribution in [0, 0.1) is 5.82 Å². The zero-order valence-corrected chi connectivity index (χ0v) is 11.2. The summed E-state index contributed by atoms with van der Waals surface area (Å²) in [5.74, 6) is 0.262. The molecule has 4 nitrogen and oxygen atoms in total. The van der Waals surface area contributed by atoms with Gasteiger partial charge in [0.1, 0.15) is 17.2 Å². The topological polar surface area (TPSA) is 56.7 Å². The Morgan fingerprint density at radius 2 is 2.15 bits per heavy atom. The van der Waals surface area contributed by atoms with E-state index in [4.69, 9.17) is 5.73 Å². The number of rotatable bonds is 3. The molecular formula is C15H15FN4. The van der Waals surface area contributed by atoms with Gasteiger partial charge in [0, 0.05) is 18.4 Å². The molecule has 0 fully saturated rings. The van der Waals surface area contributed by atoms with Crippen molar-refractivity contribution < 1.29 is 4.39 Å². The summed E-state index contributed by atoms with van der Waals surface area (Å²) in [7, 11) is 0. The Labute approximate surface area is 116 Å². The molecule has 0 radical (unpaired) electrons. The molecule has 0 atom stereocenters. The highest BCUT2D eigenvalue weighted by molar-refractivity contribution is 5.80. The van der Waals surface area contributed by atoms with E-state index in [-0.39, 0.29) is 5.82 Å². The van der Waals surface area contributed by atoms with Crippen molar-refractivity contribution in [1.29, 1.82) is 0 Å². The first-order valence-electron chi connectivity index (χ1n) is 6.56. The number of nitrogens with zero attached hydrogens (tertiary/aromatic N) is 3. The molecule has 0 amide bonds. The predicted octanol–water partition coefficient (Wildman–Crippen LogP) is 3.23. The minimum Gasteiger partial charge on any atom is -0.399 e. The first-order chi connectivity index (χ1) is 9.70. The van der Waals surface area contributed by atoms with Gasteiger partial charge in [-0.1, -0.05) is 6.92 Å². The van der Waals surface area contributed by atoms with Gasteiger partial charge in [-0.3, -0.25) is 4.98 Å². The highest BCUT2D eigenvalue weighted by Crippen LogP contribution is 2.27. The standard InChI is InChI=1S/C15H15FN4/c1-2-7-20-14-5-6-18-9-13(14)19-15(20)11-4-3-10(17)8-12(11)16/h3-6,8-9H,2,7,17H2,1H3. The van der Waals surface area contributed by atoms with Crippen LogP contribution in [0.15, 0.2) is 36.7 Å². The molecule has 2 aromatic heterocycles. The Morgan fingerprint density at radius 3 is 2.90 bits per heavy atom. The summed E-state index contributed by atoms with van der Waals surface area (Å²) in [6, 6.07) is 6.58. The van der Waals surface area contributed by atoms with E-state index in [1.165, 1.54) is 6.07 Å². The lowest BCUT2D eigenvalue weighted by Gasteiger charge is -2.08. The van der Waals surface area contributed by atoms with Crippen molar-refractivity contribution in [3.05, 3.63) is 42.5 Å². The van der Waals surface area contributed by atoms with Crippen LogP contribution in [0.5, 0.6) is 0 Å². The molecule has 0 saturated carbocycles. The maximum atomic E-state index is 14.1. The number of imidazole rings is 1. The second-order valence-corrected chi connectivity index (χ2v) is 4.69. The maximum Gasteiger partial charge on any atom is 0.144 e. The summed E-state index contributed by atoms with van der Waals surface area (Å²) in [5.41, 5.74) is 8.21. The fourth-order valence-corrected chi connectivity index (χ4v) is 2.35. The number of nitrogens with two attached hydrogens (primary N) is 1. The van der Waals surface area contributed by atoms with Gasteiger partial charge in [-0.25, -0.2) is 9.37 Å². The van der Waals surface area contributed by atoms with Gasteiger partial charge in [0.25, 0.3) is 0 Å². The highest BCUT2D eigenvalue weighted by Gasteiger charge is 2.15. The van der Waals surface area contributed by atoms with Crippen molar-refractivity contribution in [1.82, 2.24) is 14.5 Å². The fraction of sp³-hybridized carbons (Fsp3) is 0.200. The van der Waals surface area contributed by atoms with Crippen LogP contribution in [-0.2, 0) is 6.54 Å². The predicted molar refractivity (Wildman–Crippen MR) is 77.6 cm³/mol. The van der Waals surface area contributed by atoms with Crippen LogP contribution in [-0.4, -0.2) is 14.5 Å². The minimum atomic E-state index is -0.356. The van der Waals surface area contributed by atoms with Gasteiger partial charge in [-0.05, 0) is 30.7 Å². The largest absolute Gasteiger partial charge is 0.399 e. The summed E-state index contributed by atoms with van der Waals surface area (Å²) in [4.78, 5) is 8.58. The number of fused-ring (bicyclic) bond motifs is 1. The Kier molecular flexibility index (Phi) is 3.10. The minimum absolute atomic E-state index is 0.356. The number of benzene rings is 1. The van der Waals surface area contributed by atoms with Gasteiger partial charge in [0.15, 0.2) is 0 Å². The van der Waals surface area contributed by atoms with Crippen molar-refractivity contribution in [3.63, 3.8) is 0 Å². The molecule has 0 saturated heterocycles. The number of pyridine rings is 1. The van der Waals surface area contributed by atoms with Crippen LogP contribution in [0.1, 0.15) is 13.3 Å². The van der Waals surface area contributed by atoms with Crippen molar-refractivity contribution in [3.8, 4) is 11.4 Å². The van der Waals surface area contributed by atoms with E-state index in [9.17, 15) is 4.39 Å². The third kappa shape index (κ3) is 2.01. The lowest BCUT2D eigenvalue weighted by molar-refractivity contribution is 0.626. The second kappa shape index (κ2) is 4.92. The van der Waals surface area contributed by atoms with Crippen LogP contribution in [0.3, 0.4) is 0 Å². The summed E-state index contributed by atoms with van der Waals surface area (Å²) in [6.45, 7) is 2.86. The number of anilines is 1. The second-order valence-electron chi connectivity index (χ2n) is 4.69. The molecule has 3 rings (SSSR count). The summed E-state index contributed by atoms with van der Waals surface area (Å²) in [6.07, 6.45) is 4.36. The first kappa shape index (κ1) is 12.6. The molecular weight excluding hydrogens is 255 g/mol. The normalized spacial score (nSPS) is 11.1. The van der Waals surface area contributed by atoms with Crippen molar-refractivity contribution in [2.24, 2.45) is 0 Å². The van der Waals surface area contributed by atoms with Gasteiger partial charge >= 0.3 is 0 Å². The molecule has 0 aliphatic carbocycles. The van der Waals surface area contributed by atoms with E-state index in [0.717, 1.165) is 24.0 Å². The average molecular weight is 270 g/mol. The third-order valence-corrected chi connectivity index (χ3v) is 3.23. The molecule has 1 aromatic carbocycles. The summed E-state index contributed by atoms with van der Waals surface area (Å²) < 4.78 is 16.2. The van der Waals surface area contributed by atoms with E-state index in [0.29, 0.717) is 17.1 Å². The molecule has 0 spiro atoms. The Bertz CT molecular complexity index is 764. The lowest BCUT2D eigenvalue weighted by atomic mass is 10.2. The van der Waals surface area contributed by atoms with E-state index in [1.807, 2.05) is 10.6 Å². The zero-order valence-electron chi connectivity index (χ0n) is 11.2. The zero-order chi connectivity index (χ0) is 14.1. The monoisotopic (exact) mass is 270 g/mol. The summed E-state index contributed by atoms with van der Waals surface area (Å²) in [5, 5.41) is 0. The molecule has 20 heavy (non-hydrogen) atoms. The van der Waals surface area contributed by atoms with Crippen LogP contribution in [0.4, 0.5) is 10.1 Å². The lowest BCUT2D eigenvalue weighted by Crippen LogP contribution is -2.01. The molecule has 2 N–H and O–H groups in total. The van der Waals surface area contributed by atoms with E-state index in [1.54, 1.807) is 24.5 Å². The van der Waals surface area contributed by atoms with Gasteiger partial charge in [-0.2, -0.15) is 0 Å². The highest BCUT2D eigenvalue weighted by atomic mass is 19.1. The van der Waals surface area contributed by atoms with Crippen molar-refractivity contribution >= 4 is 16.7 Å². The number of halogens is 1. The van der Waals surface area contributed by atoms with Gasteiger partial charge in [-0.15, -0.1) is 0 Å². The smallest absolute Gasteiger partial charge is 0.144 e. The van der Waals surface area contributed by atoms with Crippen LogP contribution in [0.25, 0.3) is 22.4 Å². The number of hydrogen-bond acceptors (Lipinski definition) is 3. The fourth-order valence-electron chi connectivity index (χ4n) is 2.35. The van der Waals surface area contributed by atoms with Crippen LogP contribution < -0.4 is 5.73 Å². The molecule has 2 heterocycles. The Morgan fingerprint density at radius 1 is 1.30 bits per heavy atom. The Balaban J connectivity index is 2.26. The molecule has 0 aliphatic heterocycles. The number of hydrogen-bond donors (Lipinski definition) is 1. The van der Waals surface area contributed by atoms with Gasteiger partial charge < -0.3 is 10.3 Å². The number of aromatic nitrogens is 3. The SMILES string of the molecule is CCCn1c(-c2ccc(N)cc2F)nc2cnccc21. The molecule has 0 bridgehead atoms. The molecule has 5 heteroatoms. The van der Waals surface area contributed by atoms with E-state index in [2.05, 4.69) is 16.9 Å². The maximum absolute atomic E-state index is 14.1. The van der Waals surface area contributed by atoms with Crippen molar-refractivity contribution in [2.45, 2.75) is 19.9 Å². The molecule has 0 unspecified atom stereocenters. The van der Waals surface area contributed by atoms with Gasteiger partial charge in [0.2, 0.25) is 0 Å². The molecule has 3 aromatic rings. The molecule has 0 aliphatic rings.